The molecular formula is C17H27N3O2. The largest absolute Gasteiger partial charge is 0.408 e. The number of hydrogen-bond donors (Lipinski definition) is 1. The number of anilines is 1. The zero-order chi connectivity index (χ0) is 15.3. The highest BCUT2D eigenvalue weighted by atomic mass is 16.5. The van der Waals surface area contributed by atoms with Gasteiger partial charge in [0.2, 0.25) is 5.89 Å². The lowest BCUT2D eigenvalue weighted by molar-refractivity contribution is 0.0172. The molecule has 0 bridgehead atoms. The third-order valence-electron chi connectivity index (χ3n) is 5.25. The Hall–Kier alpha value is -1.10. The molecule has 1 N–H and O–H groups in total. The Labute approximate surface area is 132 Å². The second-order valence-electron chi connectivity index (χ2n) is 8.34. The second-order valence-corrected chi connectivity index (χ2v) is 8.34. The first-order chi connectivity index (χ1) is 10.5. The predicted molar refractivity (Wildman–Crippen MR) is 83.7 cm³/mol. The van der Waals surface area contributed by atoms with Crippen LogP contribution in [0.4, 0.5) is 6.01 Å². The number of ether oxygens (including phenoxy) is 1. The molecule has 1 aromatic rings. The van der Waals surface area contributed by atoms with Crippen molar-refractivity contribution in [2.75, 3.05) is 11.9 Å². The molecule has 4 rings (SSSR count). The third-order valence-corrected chi connectivity index (χ3v) is 5.25. The van der Waals surface area contributed by atoms with Crippen molar-refractivity contribution < 1.29 is 9.15 Å². The molecule has 1 saturated heterocycles. The van der Waals surface area contributed by atoms with Gasteiger partial charge in [-0.25, -0.2) is 0 Å². The fraction of sp³-hybridized carbons (Fsp3) is 0.882. The van der Waals surface area contributed by atoms with Gasteiger partial charge in [0.05, 0.1) is 12.0 Å². The average molecular weight is 305 g/mol. The van der Waals surface area contributed by atoms with Crippen LogP contribution in [0.3, 0.4) is 0 Å². The van der Waals surface area contributed by atoms with Crippen molar-refractivity contribution in [3.63, 3.8) is 0 Å². The molecule has 3 fully saturated rings. The molecular weight excluding hydrogens is 278 g/mol. The van der Waals surface area contributed by atoms with E-state index in [1.165, 1.54) is 25.7 Å². The highest BCUT2D eigenvalue weighted by Crippen LogP contribution is 2.46. The zero-order valence-corrected chi connectivity index (χ0v) is 13.8. The summed E-state index contributed by atoms with van der Waals surface area (Å²) in [5.41, 5.74) is 0.0911. The fourth-order valence-electron chi connectivity index (χ4n) is 3.81. The molecule has 5 nitrogen and oxygen atoms in total. The van der Waals surface area contributed by atoms with E-state index in [-0.39, 0.29) is 17.4 Å². The van der Waals surface area contributed by atoms with Crippen LogP contribution in [0.2, 0.25) is 0 Å². The monoisotopic (exact) mass is 305 g/mol. The molecule has 0 amide bonds. The van der Waals surface area contributed by atoms with Crippen molar-refractivity contribution in [1.82, 2.24) is 10.2 Å². The lowest BCUT2D eigenvalue weighted by atomic mass is 9.81. The standard InChI is InChI=1S/C17H27N3O2/c1-17(2,3)14-12(8-9-21-14)15-19-20-16(22-15)18-13(10-4-5-10)11-6-7-11/h10-14H,4-9H2,1-3H3,(H,18,20)/t12-,14-/m0/s1. The lowest BCUT2D eigenvalue weighted by Crippen LogP contribution is -2.30. The number of rotatable bonds is 5. The van der Waals surface area contributed by atoms with Crippen LogP contribution in [0.5, 0.6) is 0 Å². The van der Waals surface area contributed by atoms with Crippen molar-refractivity contribution in [1.29, 1.82) is 0 Å². The number of nitrogens with zero attached hydrogens (tertiary/aromatic N) is 2. The van der Waals surface area contributed by atoms with E-state index >= 15 is 0 Å². The van der Waals surface area contributed by atoms with Gasteiger partial charge < -0.3 is 14.5 Å². The molecule has 2 aliphatic carbocycles. The third kappa shape index (κ3) is 2.87. The maximum atomic E-state index is 5.97. The van der Waals surface area contributed by atoms with Crippen LogP contribution in [-0.2, 0) is 4.74 Å². The van der Waals surface area contributed by atoms with Gasteiger partial charge >= 0.3 is 6.01 Å². The first-order valence-corrected chi connectivity index (χ1v) is 8.74. The van der Waals surface area contributed by atoms with Crippen LogP contribution in [0.25, 0.3) is 0 Å². The Morgan fingerprint density at radius 1 is 1.05 bits per heavy atom. The molecule has 0 aromatic carbocycles. The van der Waals surface area contributed by atoms with Crippen molar-refractivity contribution in [3.05, 3.63) is 5.89 Å². The van der Waals surface area contributed by atoms with Crippen LogP contribution in [-0.4, -0.2) is 29.0 Å². The normalized spacial score (nSPS) is 29.3. The summed E-state index contributed by atoms with van der Waals surface area (Å²) >= 11 is 0. The Bertz CT molecular complexity index is 516. The van der Waals surface area contributed by atoms with E-state index in [0.29, 0.717) is 12.1 Å². The molecule has 0 radical (unpaired) electrons. The summed E-state index contributed by atoms with van der Waals surface area (Å²) in [6.07, 6.45) is 6.51. The highest BCUT2D eigenvalue weighted by Gasteiger charge is 2.43. The van der Waals surface area contributed by atoms with E-state index < -0.39 is 0 Å². The summed E-state index contributed by atoms with van der Waals surface area (Å²) in [4.78, 5) is 0. The SMILES string of the molecule is CC(C)(C)[C@H]1OCC[C@@H]1c1nnc(NC(C2CC2)C2CC2)o1. The number of hydrogen-bond acceptors (Lipinski definition) is 5. The van der Waals surface area contributed by atoms with Gasteiger partial charge in [0.25, 0.3) is 0 Å². The number of nitrogens with one attached hydrogen (secondary N) is 1. The van der Waals surface area contributed by atoms with Crippen molar-refractivity contribution in [2.24, 2.45) is 17.3 Å². The Balaban J connectivity index is 1.46. The first kappa shape index (κ1) is 14.5. The minimum absolute atomic E-state index is 0.0911. The van der Waals surface area contributed by atoms with E-state index in [0.717, 1.165) is 30.8 Å². The predicted octanol–water partition coefficient (Wildman–Crippen LogP) is 3.59. The summed E-state index contributed by atoms with van der Waals surface area (Å²) in [6, 6.07) is 1.16. The van der Waals surface area contributed by atoms with E-state index in [1.807, 2.05) is 0 Å². The number of aromatic nitrogens is 2. The average Bonchev–Trinajstić information content (AvgIpc) is 3.37. The minimum Gasteiger partial charge on any atom is -0.408 e. The summed E-state index contributed by atoms with van der Waals surface area (Å²) < 4.78 is 11.9. The topological polar surface area (TPSA) is 60.2 Å². The maximum Gasteiger partial charge on any atom is 0.315 e. The van der Waals surface area contributed by atoms with Crippen molar-refractivity contribution in [3.8, 4) is 0 Å². The van der Waals surface area contributed by atoms with E-state index in [2.05, 4.69) is 36.3 Å². The first-order valence-electron chi connectivity index (χ1n) is 8.74. The molecule has 2 heterocycles. The van der Waals surface area contributed by atoms with Gasteiger partial charge in [0.1, 0.15) is 0 Å². The molecule has 2 saturated carbocycles. The Morgan fingerprint density at radius 3 is 2.32 bits per heavy atom. The molecule has 1 aromatic heterocycles. The van der Waals surface area contributed by atoms with Gasteiger partial charge in [-0.15, -0.1) is 5.10 Å². The molecule has 3 aliphatic rings. The molecule has 0 unspecified atom stereocenters. The van der Waals surface area contributed by atoms with Gasteiger partial charge in [0, 0.05) is 12.6 Å². The Morgan fingerprint density at radius 2 is 1.73 bits per heavy atom. The summed E-state index contributed by atoms with van der Waals surface area (Å²) in [5.74, 6) is 2.61. The fourth-order valence-corrected chi connectivity index (χ4v) is 3.81. The smallest absolute Gasteiger partial charge is 0.315 e. The van der Waals surface area contributed by atoms with Crippen molar-refractivity contribution in [2.45, 2.75) is 70.9 Å². The van der Waals surface area contributed by atoms with Gasteiger partial charge in [-0.1, -0.05) is 25.9 Å². The molecule has 22 heavy (non-hydrogen) atoms. The van der Waals surface area contributed by atoms with E-state index in [1.54, 1.807) is 0 Å². The van der Waals surface area contributed by atoms with Crippen LogP contribution in [0, 0.1) is 17.3 Å². The van der Waals surface area contributed by atoms with Crippen LogP contribution in [0.1, 0.15) is 64.7 Å². The molecule has 1 aliphatic heterocycles. The van der Waals surface area contributed by atoms with E-state index in [4.69, 9.17) is 9.15 Å². The highest BCUT2D eigenvalue weighted by molar-refractivity contribution is 5.24. The van der Waals surface area contributed by atoms with Crippen molar-refractivity contribution >= 4 is 6.01 Å². The summed E-state index contributed by atoms with van der Waals surface area (Å²) in [7, 11) is 0. The van der Waals surface area contributed by atoms with Crippen LogP contribution in [0.15, 0.2) is 4.42 Å². The molecule has 0 spiro atoms. The quantitative estimate of drug-likeness (QED) is 0.901. The van der Waals surface area contributed by atoms with Crippen LogP contribution < -0.4 is 5.32 Å². The van der Waals surface area contributed by atoms with Gasteiger partial charge in [0.15, 0.2) is 0 Å². The molecule has 122 valence electrons. The van der Waals surface area contributed by atoms with Crippen LogP contribution >= 0.6 is 0 Å². The second kappa shape index (κ2) is 5.22. The Kier molecular flexibility index (Phi) is 3.44. The minimum atomic E-state index is 0.0911. The summed E-state index contributed by atoms with van der Waals surface area (Å²) in [6.45, 7) is 7.41. The molecule has 5 heteroatoms. The van der Waals surface area contributed by atoms with E-state index in [9.17, 15) is 0 Å². The zero-order valence-electron chi connectivity index (χ0n) is 13.8. The maximum absolute atomic E-state index is 5.97. The lowest BCUT2D eigenvalue weighted by Gasteiger charge is -2.29. The van der Waals surface area contributed by atoms with Gasteiger partial charge in [-0.05, 0) is 49.4 Å². The summed E-state index contributed by atoms with van der Waals surface area (Å²) in [5, 5.41) is 12.1. The van der Waals surface area contributed by atoms with Gasteiger partial charge in [-0.3, -0.25) is 0 Å². The molecule has 2 atom stereocenters. The van der Waals surface area contributed by atoms with Gasteiger partial charge in [-0.2, -0.15) is 0 Å².